The largest absolute Gasteiger partial charge is 0.342 e. The van der Waals surface area contributed by atoms with E-state index in [0.29, 0.717) is 6.54 Å². The second kappa shape index (κ2) is 7.44. The van der Waals surface area contributed by atoms with Crippen molar-refractivity contribution in [2.45, 2.75) is 38.5 Å². The second-order valence-corrected chi connectivity index (χ2v) is 5.76. The van der Waals surface area contributed by atoms with E-state index in [2.05, 4.69) is 6.92 Å². The summed E-state index contributed by atoms with van der Waals surface area (Å²) < 4.78 is 0. The molecule has 1 atom stereocenters. The van der Waals surface area contributed by atoms with Crippen LogP contribution in [0, 0.1) is 5.92 Å². The van der Waals surface area contributed by atoms with Gasteiger partial charge in [0.15, 0.2) is 0 Å². The number of carbonyl (C=O) groups is 1. The van der Waals surface area contributed by atoms with Gasteiger partial charge in [-0.15, -0.1) is 0 Å². The number of carbonyl (C=O) groups excluding carboxylic acids is 1. The molecule has 1 aliphatic rings. The summed E-state index contributed by atoms with van der Waals surface area (Å²) in [7, 11) is 0. The zero-order valence-electron chi connectivity index (χ0n) is 12.4. The molecule has 1 aromatic rings. The SMILES string of the molecule is CCCC1CCN(C(=O)C(CN)c2ccccc2)CC1. The predicted molar refractivity (Wildman–Crippen MR) is 82.4 cm³/mol. The average Bonchev–Trinajstić information content (AvgIpc) is 2.50. The first-order valence-corrected chi connectivity index (χ1v) is 7.80. The zero-order valence-corrected chi connectivity index (χ0v) is 12.4. The number of nitrogens with two attached hydrogens (primary N) is 1. The van der Waals surface area contributed by atoms with Gasteiger partial charge in [-0.3, -0.25) is 4.79 Å². The Bertz CT molecular complexity index is 410. The Kier molecular flexibility index (Phi) is 5.60. The van der Waals surface area contributed by atoms with Crippen LogP contribution in [0.3, 0.4) is 0 Å². The maximum Gasteiger partial charge on any atom is 0.231 e. The van der Waals surface area contributed by atoms with Crippen LogP contribution in [0.25, 0.3) is 0 Å². The molecule has 1 unspecified atom stereocenters. The normalized spacial score (nSPS) is 18.0. The van der Waals surface area contributed by atoms with Gasteiger partial charge < -0.3 is 10.6 Å². The van der Waals surface area contributed by atoms with Crippen molar-refractivity contribution in [1.82, 2.24) is 4.90 Å². The molecule has 1 amide bonds. The van der Waals surface area contributed by atoms with E-state index in [1.54, 1.807) is 0 Å². The van der Waals surface area contributed by atoms with Crippen LogP contribution in [0.15, 0.2) is 30.3 Å². The Morgan fingerprint density at radius 1 is 1.30 bits per heavy atom. The smallest absolute Gasteiger partial charge is 0.231 e. The van der Waals surface area contributed by atoms with Crippen molar-refractivity contribution in [2.24, 2.45) is 11.7 Å². The topological polar surface area (TPSA) is 46.3 Å². The van der Waals surface area contributed by atoms with Gasteiger partial charge in [0.2, 0.25) is 5.91 Å². The molecule has 1 aliphatic heterocycles. The third-order valence-corrected chi connectivity index (χ3v) is 4.36. The van der Waals surface area contributed by atoms with E-state index in [1.807, 2.05) is 35.2 Å². The standard InChI is InChI=1S/C17H26N2O/c1-2-6-14-9-11-19(12-10-14)17(20)16(13-18)15-7-4-3-5-8-15/h3-5,7-8,14,16H,2,6,9-13,18H2,1H3. The molecule has 0 spiro atoms. The third kappa shape index (κ3) is 3.60. The van der Waals surface area contributed by atoms with Crippen LogP contribution in [0.2, 0.25) is 0 Å². The molecule has 0 saturated carbocycles. The summed E-state index contributed by atoms with van der Waals surface area (Å²) in [4.78, 5) is 14.7. The Morgan fingerprint density at radius 3 is 2.50 bits per heavy atom. The minimum atomic E-state index is -0.182. The lowest BCUT2D eigenvalue weighted by Crippen LogP contribution is -2.42. The van der Waals surface area contributed by atoms with Gasteiger partial charge in [-0.25, -0.2) is 0 Å². The van der Waals surface area contributed by atoms with Crippen LogP contribution < -0.4 is 5.73 Å². The highest BCUT2D eigenvalue weighted by Crippen LogP contribution is 2.25. The Balaban J connectivity index is 1.97. The highest BCUT2D eigenvalue weighted by atomic mass is 16.2. The lowest BCUT2D eigenvalue weighted by atomic mass is 9.91. The van der Waals surface area contributed by atoms with E-state index in [-0.39, 0.29) is 11.8 Å². The molecule has 1 saturated heterocycles. The Hall–Kier alpha value is -1.35. The van der Waals surface area contributed by atoms with Gasteiger partial charge in [-0.1, -0.05) is 50.1 Å². The molecular formula is C17H26N2O. The molecular weight excluding hydrogens is 248 g/mol. The van der Waals surface area contributed by atoms with E-state index in [9.17, 15) is 4.79 Å². The van der Waals surface area contributed by atoms with Gasteiger partial charge in [0.05, 0.1) is 5.92 Å². The second-order valence-electron chi connectivity index (χ2n) is 5.76. The molecule has 1 aromatic carbocycles. The monoisotopic (exact) mass is 274 g/mol. The summed E-state index contributed by atoms with van der Waals surface area (Å²) in [5.74, 6) is 0.824. The van der Waals surface area contributed by atoms with Gasteiger partial charge in [-0.05, 0) is 24.3 Å². The molecule has 3 nitrogen and oxygen atoms in total. The Morgan fingerprint density at radius 2 is 1.95 bits per heavy atom. The summed E-state index contributed by atoms with van der Waals surface area (Å²) in [6.07, 6.45) is 4.83. The van der Waals surface area contributed by atoms with Gasteiger partial charge >= 0.3 is 0 Å². The third-order valence-electron chi connectivity index (χ3n) is 4.36. The molecule has 0 radical (unpaired) electrons. The molecule has 2 N–H and O–H groups in total. The van der Waals surface area contributed by atoms with Crippen molar-refractivity contribution >= 4 is 5.91 Å². The molecule has 1 fully saturated rings. The van der Waals surface area contributed by atoms with Crippen molar-refractivity contribution in [3.63, 3.8) is 0 Å². The van der Waals surface area contributed by atoms with Crippen molar-refractivity contribution in [3.05, 3.63) is 35.9 Å². The Labute approximate surface area is 122 Å². The summed E-state index contributed by atoms with van der Waals surface area (Å²) in [5, 5.41) is 0. The number of rotatable bonds is 5. The fraction of sp³-hybridized carbons (Fsp3) is 0.588. The number of nitrogens with zero attached hydrogens (tertiary/aromatic N) is 1. The molecule has 0 bridgehead atoms. The highest BCUT2D eigenvalue weighted by molar-refractivity contribution is 5.84. The minimum absolute atomic E-state index is 0.182. The minimum Gasteiger partial charge on any atom is -0.342 e. The van der Waals surface area contributed by atoms with Gasteiger partial charge in [0.25, 0.3) is 0 Å². The molecule has 0 aromatic heterocycles. The molecule has 20 heavy (non-hydrogen) atoms. The predicted octanol–water partition coefficient (Wildman–Crippen LogP) is 2.77. The molecule has 0 aliphatic carbocycles. The first kappa shape index (κ1) is 15.0. The lowest BCUT2D eigenvalue weighted by Gasteiger charge is -2.34. The fourth-order valence-corrected chi connectivity index (χ4v) is 3.14. The van der Waals surface area contributed by atoms with Gasteiger partial charge in [0, 0.05) is 19.6 Å². The van der Waals surface area contributed by atoms with E-state index in [1.165, 1.54) is 12.8 Å². The number of likely N-dealkylation sites (tertiary alicyclic amines) is 1. The van der Waals surface area contributed by atoms with E-state index in [4.69, 9.17) is 5.73 Å². The number of benzene rings is 1. The van der Waals surface area contributed by atoms with E-state index < -0.39 is 0 Å². The van der Waals surface area contributed by atoms with Crippen LogP contribution in [-0.4, -0.2) is 30.4 Å². The van der Waals surface area contributed by atoms with Crippen LogP contribution in [0.1, 0.15) is 44.1 Å². The quantitative estimate of drug-likeness (QED) is 0.897. The first-order chi connectivity index (χ1) is 9.76. The summed E-state index contributed by atoms with van der Waals surface area (Å²) >= 11 is 0. The first-order valence-electron chi connectivity index (χ1n) is 7.80. The number of hydrogen-bond donors (Lipinski definition) is 1. The lowest BCUT2D eigenvalue weighted by molar-refractivity contribution is -0.134. The molecule has 2 rings (SSSR count). The van der Waals surface area contributed by atoms with Crippen molar-refractivity contribution in [3.8, 4) is 0 Å². The van der Waals surface area contributed by atoms with Crippen molar-refractivity contribution < 1.29 is 4.79 Å². The van der Waals surface area contributed by atoms with Crippen LogP contribution in [0.5, 0.6) is 0 Å². The molecule has 1 heterocycles. The van der Waals surface area contributed by atoms with Crippen LogP contribution in [0.4, 0.5) is 0 Å². The van der Waals surface area contributed by atoms with E-state index in [0.717, 1.165) is 37.4 Å². The van der Waals surface area contributed by atoms with Crippen molar-refractivity contribution in [2.75, 3.05) is 19.6 Å². The van der Waals surface area contributed by atoms with E-state index >= 15 is 0 Å². The highest BCUT2D eigenvalue weighted by Gasteiger charge is 2.28. The molecule has 3 heteroatoms. The summed E-state index contributed by atoms with van der Waals surface area (Å²) in [6.45, 7) is 4.41. The summed E-state index contributed by atoms with van der Waals surface area (Å²) in [6, 6.07) is 9.91. The number of piperidine rings is 1. The maximum absolute atomic E-state index is 12.6. The summed E-state index contributed by atoms with van der Waals surface area (Å²) in [5.41, 5.74) is 6.88. The molecule has 110 valence electrons. The van der Waals surface area contributed by atoms with Gasteiger partial charge in [-0.2, -0.15) is 0 Å². The van der Waals surface area contributed by atoms with Crippen molar-refractivity contribution in [1.29, 1.82) is 0 Å². The number of amides is 1. The maximum atomic E-state index is 12.6. The zero-order chi connectivity index (χ0) is 14.4. The number of hydrogen-bond acceptors (Lipinski definition) is 2. The van der Waals surface area contributed by atoms with Gasteiger partial charge in [0.1, 0.15) is 0 Å². The van der Waals surface area contributed by atoms with Crippen LogP contribution >= 0.6 is 0 Å². The average molecular weight is 274 g/mol. The van der Waals surface area contributed by atoms with Crippen LogP contribution in [-0.2, 0) is 4.79 Å². The fourth-order valence-electron chi connectivity index (χ4n) is 3.14.